The van der Waals surface area contributed by atoms with Gasteiger partial charge in [-0.1, -0.05) is 24.3 Å². The normalized spacial score (nSPS) is 11.7. The van der Waals surface area contributed by atoms with E-state index in [1.807, 2.05) is 56.4 Å². The lowest BCUT2D eigenvalue weighted by Gasteiger charge is -2.21. The summed E-state index contributed by atoms with van der Waals surface area (Å²) < 4.78 is 0. The SMILES string of the molecule is CC(C)(C(N)=O)c1ccc(-c2ccnc3[nH]ccc23)cc1. The molecule has 106 valence electrons. The predicted molar refractivity (Wildman–Crippen MR) is 83.8 cm³/mol. The largest absolute Gasteiger partial charge is 0.369 e. The van der Waals surface area contributed by atoms with Crippen molar-refractivity contribution < 1.29 is 4.79 Å². The standard InChI is InChI=1S/C17H17N3O/c1-17(2,16(18)21)12-5-3-11(4-6-12)13-7-9-19-15-14(13)8-10-20-15/h3-10H,1-2H3,(H2,18,21)(H,19,20). The molecule has 0 aliphatic carbocycles. The van der Waals surface area contributed by atoms with Gasteiger partial charge in [-0.15, -0.1) is 0 Å². The van der Waals surface area contributed by atoms with Crippen molar-refractivity contribution in [2.45, 2.75) is 19.3 Å². The molecule has 3 N–H and O–H groups in total. The number of nitrogens with zero attached hydrogens (tertiary/aromatic N) is 1. The Morgan fingerprint density at radius 2 is 1.86 bits per heavy atom. The average molecular weight is 279 g/mol. The van der Waals surface area contributed by atoms with Crippen molar-refractivity contribution >= 4 is 16.9 Å². The highest BCUT2D eigenvalue weighted by atomic mass is 16.1. The van der Waals surface area contributed by atoms with Gasteiger partial charge in [0.25, 0.3) is 0 Å². The Labute approximate surface area is 123 Å². The molecule has 3 rings (SSSR count). The van der Waals surface area contributed by atoms with Gasteiger partial charge in [0, 0.05) is 17.8 Å². The minimum atomic E-state index is -0.666. The number of pyridine rings is 1. The first-order chi connectivity index (χ1) is 10.00. The molecule has 0 spiro atoms. The molecular formula is C17H17N3O. The molecule has 2 aromatic heterocycles. The second-order valence-electron chi connectivity index (χ2n) is 5.67. The number of primary amides is 1. The molecule has 1 aromatic carbocycles. The van der Waals surface area contributed by atoms with Gasteiger partial charge in [-0.05, 0) is 42.7 Å². The average Bonchev–Trinajstić information content (AvgIpc) is 2.95. The molecule has 0 aliphatic rings. The van der Waals surface area contributed by atoms with E-state index in [-0.39, 0.29) is 5.91 Å². The molecule has 0 fully saturated rings. The number of carbonyl (C=O) groups excluding carboxylic acids is 1. The molecule has 0 unspecified atom stereocenters. The number of hydrogen-bond donors (Lipinski definition) is 2. The lowest BCUT2D eigenvalue weighted by molar-refractivity contribution is -0.122. The van der Waals surface area contributed by atoms with Gasteiger partial charge in [0.05, 0.1) is 5.41 Å². The van der Waals surface area contributed by atoms with Gasteiger partial charge in [0.2, 0.25) is 5.91 Å². The summed E-state index contributed by atoms with van der Waals surface area (Å²) in [4.78, 5) is 18.9. The maximum atomic E-state index is 11.5. The van der Waals surface area contributed by atoms with Crippen LogP contribution in [0.1, 0.15) is 19.4 Å². The molecule has 4 nitrogen and oxygen atoms in total. The Hall–Kier alpha value is -2.62. The summed E-state index contributed by atoms with van der Waals surface area (Å²) in [5, 5.41) is 1.08. The first kappa shape index (κ1) is 13.4. The van der Waals surface area contributed by atoms with Crippen LogP contribution in [0.25, 0.3) is 22.2 Å². The van der Waals surface area contributed by atoms with E-state index in [4.69, 9.17) is 5.73 Å². The third-order valence-electron chi connectivity index (χ3n) is 3.99. The Morgan fingerprint density at radius 1 is 1.14 bits per heavy atom. The number of amides is 1. The van der Waals surface area contributed by atoms with Gasteiger partial charge in [0.15, 0.2) is 0 Å². The Balaban J connectivity index is 2.06. The van der Waals surface area contributed by atoms with E-state index in [9.17, 15) is 4.79 Å². The van der Waals surface area contributed by atoms with Crippen LogP contribution in [0.3, 0.4) is 0 Å². The summed E-state index contributed by atoms with van der Waals surface area (Å²) >= 11 is 0. The van der Waals surface area contributed by atoms with Crippen molar-refractivity contribution in [3.63, 3.8) is 0 Å². The van der Waals surface area contributed by atoms with E-state index >= 15 is 0 Å². The summed E-state index contributed by atoms with van der Waals surface area (Å²) in [5.74, 6) is -0.327. The van der Waals surface area contributed by atoms with Gasteiger partial charge in [-0.3, -0.25) is 4.79 Å². The van der Waals surface area contributed by atoms with Crippen LogP contribution in [0.15, 0.2) is 48.8 Å². The first-order valence-corrected chi connectivity index (χ1v) is 6.83. The van der Waals surface area contributed by atoms with Gasteiger partial charge in [-0.2, -0.15) is 0 Å². The smallest absolute Gasteiger partial charge is 0.227 e. The summed E-state index contributed by atoms with van der Waals surface area (Å²) in [5.41, 5.74) is 8.78. The molecule has 0 aliphatic heterocycles. The fourth-order valence-corrected chi connectivity index (χ4v) is 2.42. The number of rotatable bonds is 3. The molecule has 4 heteroatoms. The zero-order valence-electron chi connectivity index (χ0n) is 12.1. The van der Waals surface area contributed by atoms with E-state index in [1.165, 1.54) is 0 Å². The summed E-state index contributed by atoms with van der Waals surface area (Å²) in [7, 11) is 0. The zero-order valence-corrected chi connectivity index (χ0v) is 12.1. The minimum absolute atomic E-state index is 0.327. The number of H-pyrrole nitrogens is 1. The lowest BCUT2D eigenvalue weighted by atomic mass is 9.83. The van der Waals surface area contributed by atoms with E-state index in [2.05, 4.69) is 9.97 Å². The van der Waals surface area contributed by atoms with Gasteiger partial charge in [0.1, 0.15) is 5.65 Å². The van der Waals surface area contributed by atoms with E-state index in [0.29, 0.717) is 0 Å². The van der Waals surface area contributed by atoms with Gasteiger partial charge in [-0.25, -0.2) is 4.98 Å². The number of fused-ring (bicyclic) bond motifs is 1. The zero-order chi connectivity index (χ0) is 15.0. The van der Waals surface area contributed by atoms with Crippen LogP contribution in [0.4, 0.5) is 0 Å². The first-order valence-electron chi connectivity index (χ1n) is 6.83. The molecule has 3 aromatic rings. The van der Waals surface area contributed by atoms with Crippen molar-refractivity contribution in [2.75, 3.05) is 0 Å². The summed E-state index contributed by atoms with van der Waals surface area (Å²) in [6.45, 7) is 3.67. The Morgan fingerprint density at radius 3 is 2.52 bits per heavy atom. The lowest BCUT2D eigenvalue weighted by Crippen LogP contribution is -2.35. The quantitative estimate of drug-likeness (QED) is 0.773. The van der Waals surface area contributed by atoms with Crippen molar-refractivity contribution in [3.05, 3.63) is 54.4 Å². The van der Waals surface area contributed by atoms with Gasteiger partial charge >= 0.3 is 0 Å². The molecule has 0 atom stereocenters. The van der Waals surface area contributed by atoms with Crippen molar-refractivity contribution in [2.24, 2.45) is 5.73 Å². The monoisotopic (exact) mass is 279 g/mol. The summed E-state index contributed by atoms with van der Waals surface area (Å²) in [6, 6.07) is 11.9. The van der Waals surface area contributed by atoms with E-state index in [1.54, 1.807) is 6.20 Å². The van der Waals surface area contributed by atoms with Crippen molar-refractivity contribution in [1.29, 1.82) is 0 Å². The third kappa shape index (κ3) is 2.18. The van der Waals surface area contributed by atoms with Crippen LogP contribution in [0.2, 0.25) is 0 Å². The van der Waals surface area contributed by atoms with Crippen LogP contribution < -0.4 is 5.73 Å². The molecule has 0 saturated heterocycles. The molecule has 1 amide bonds. The van der Waals surface area contributed by atoms with Crippen molar-refractivity contribution in [3.8, 4) is 11.1 Å². The number of nitrogens with two attached hydrogens (primary N) is 1. The number of hydrogen-bond acceptors (Lipinski definition) is 2. The van der Waals surface area contributed by atoms with Crippen LogP contribution in [-0.4, -0.2) is 15.9 Å². The maximum Gasteiger partial charge on any atom is 0.227 e. The highest BCUT2D eigenvalue weighted by Gasteiger charge is 2.27. The third-order valence-corrected chi connectivity index (χ3v) is 3.99. The highest BCUT2D eigenvalue weighted by Crippen LogP contribution is 2.29. The minimum Gasteiger partial charge on any atom is -0.369 e. The maximum absolute atomic E-state index is 11.5. The topological polar surface area (TPSA) is 71.8 Å². The number of aromatic amines is 1. The second kappa shape index (κ2) is 4.74. The Kier molecular flexibility index (Phi) is 3.01. The molecule has 21 heavy (non-hydrogen) atoms. The molecule has 2 heterocycles. The molecule has 0 radical (unpaired) electrons. The molecular weight excluding hydrogens is 262 g/mol. The number of aromatic nitrogens is 2. The Bertz CT molecular complexity index is 800. The predicted octanol–water partition coefficient (Wildman–Crippen LogP) is 2.99. The van der Waals surface area contributed by atoms with Crippen LogP contribution >= 0.6 is 0 Å². The highest BCUT2D eigenvalue weighted by molar-refractivity contribution is 5.93. The van der Waals surface area contributed by atoms with Crippen LogP contribution in [0, 0.1) is 0 Å². The fourth-order valence-electron chi connectivity index (χ4n) is 2.42. The number of carbonyl (C=O) groups is 1. The number of benzene rings is 1. The summed E-state index contributed by atoms with van der Waals surface area (Å²) in [6.07, 6.45) is 3.67. The fraction of sp³-hybridized carbons (Fsp3) is 0.176. The van der Waals surface area contributed by atoms with Crippen molar-refractivity contribution in [1.82, 2.24) is 9.97 Å². The van der Waals surface area contributed by atoms with Crippen LogP contribution in [-0.2, 0) is 10.2 Å². The second-order valence-corrected chi connectivity index (χ2v) is 5.67. The molecule has 0 saturated carbocycles. The van der Waals surface area contributed by atoms with Gasteiger partial charge < -0.3 is 10.7 Å². The number of nitrogens with one attached hydrogen (secondary N) is 1. The molecule has 0 bridgehead atoms. The van der Waals surface area contributed by atoms with Crippen LogP contribution in [0.5, 0.6) is 0 Å². The van der Waals surface area contributed by atoms with E-state index in [0.717, 1.165) is 27.7 Å². The van der Waals surface area contributed by atoms with E-state index < -0.39 is 5.41 Å².